The molecular weight excluding hydrogens is 419 g/mol. The molecule has 1 aromatic heterocycles. The predicted octanol–water partition coefficient (Wildman–Crippen LogP) is 3.67. The lowest BCUT2D eigenvalue weighted by atomic mass is 10.0. The monoisotopic (exact) mass is 434 g/mol. The highest BCUT2D eigenvalue weighted by Crippen LogP contribution is 2.32. The summed E-state index contributed by atoms with van der Waals surface area (Å²) in [6, 6.07) is 5.40. The number of hydrogen-bond acceptors (Lipinski definition) is 3. The van der Waals surface area contributed by atoms with Gasteiger partial charge in [0, 0.05) is 16.0 Å². The van der Waals surface area contributed by atoms with Crippen LogP contribution in [0.4, 0.5) is 0 Å². The van der Waals surface area contributed by atoms with Gasteiger partial charge in [0.15, 0.2) is 0 Å². The number of hydrogen-bond donors (Lipinski definition) is 1. The Morgan fingerprint density at radius 1 is 1.38 bits per heavy atom. The van der Waals surface area contributed by atoms with E-state index in [0.717, 1.165) is 33.3 Å². The maximum Gasteiger partial charge on any atom is 0.0749 e. The second-order valence-corrected chi connectivity index (χ2v) is 7.22. The zero-order valence-electron chi connectivity index (χ0n) is 11.9. The van der Waals surface area contributed by atoms with Crippen molar-refractivity contribution in [3.8, 4) is 0 Å². The second kappa shape index (κ2) is 7.24. The first kappa shape index (κ1) is 17.0. The number of halogens is 3. The quantitative estimate of drug-likeness (QED) is 0.778. The Hall–Kier alpha value is -0.400. The summed E-state index contributed by atoms with van der Waals surface area (Å²) >= 11 is 13.2. The third kappa shape index (κ3) is 4.07. The minimum atomic E-state index is -0.329. The van der Waals surface area contributed by atoms with Crippen molar-refractivity contribution >= 4 is 43.5 Å². The molecule has 0 aliphatic carbocycles. The van der Waals surface area contributed by atoms with Crippen LogP contribution >= 0.6 is 43.5 Å². The topological polar surface area (TPSA) is 47.1 Å². The van der Waals surface area contributed by atoms with Gasteiger partial charge in [-0.1, -0.05) is 33.6 Å². The van der Waals surface area contributed by atoms with Crippen LogP contribution in [-0.4, -0.2) is 35.3 Å². The molecular formula is C14H17Br2ClN4. The summed E-state index contributed by atoms with van der Waals surface area (Å²) in [6.07, 6.45) is 1.78. The normalized spacial score (nSPS) is 12.9. The van der Waals surface area contributed by atoms with Crippen molar-refractivity contribution in [2.75, 3.05) is 20.6 Å². The minimum Gasteiger partial charge on any atom is -0.319 e. The predicted molar refractivity (Wildman–Crippen MR) is 93.7 cm³/mol. The largest absolute Gasteiger partial charge is 0.319 e. The van der Waals surface area contributed by atoms with Gasteiger partial charge >= 0.3 is 0 Å². The van der Waals surface area contributed by atoms with Gasteiger partial charge < -0.3 is 10.6 Å². The van der Waals surface area contributed by atoms with Gasteiger partial charge in [-0.05, 0) is 47.7 Å². The molecule has 114 valence electrons. The Labute approximate surface area is 146 Å². The van der Waals surface area contributed by atoms with Crippen LogP contribution in [0.5, 0.6) is 0 Å². The highest BCUT2D eigenvalue weighted by Gasteiger charge is 2.20. The van der Waals surface area contributed by atoms with E-state index >= 15 is 0 Å². The van der Waals surface area contributed by atoms with Crippen molar-refractivity contribution in [2.24, 2.45) is 5.73 Å². The summed E-state index contributed by atoms with van der Waals surface area (Å²) in [7, 11) is 4.06. The fourth-order valence-electron chi connectivity index (χ4n) is 2.06. The van der Waals surface area contributed by atoms with Crippen molar-refractivity contribution < 1.29 is 0 Å². The molecule has 0 radical (unpaired) electrons. The standard InChI is InChI=1S/C14H17Br2ClN4/c1-20(2)5-6-21-14(11(16)8-19-21)13(18)10-4-3-9(15)7-12(10)17/h3-4,7-8,13H,5-6,18H2,1-2H3. The van der Waals surface area contributed by atoms with Crippen LogP contribution in [0.1, 0.15) is 17.3 Å². The summed E-state index contributed by atoms with van der Waals surface area (Å²) in [5.41, 5.74) is 8.23. The van der Waals surface area contributed by atoms with Crippen molar-refractivity contribution in [1.82, 2.24) is 14.7 Å². The highest BCUT2D eigenvalue weighted by atomic mass is 79.9. The second-order valence-electron chi connectivity index (χ2n) is 5.05. The first-order valence-electron chi connectivity index (χ1n) is 6.46. The number of aromatic nitrogens is 2. The Morgan fingerprint density at radius 3 is 2.71 bits per heavy atom. The molecule has 4 nitrogen and oxygen atoms in total. The SMILES string of the molecule is CN(C)CCn1ncc(Br)c1C(N)c1ccc(Br)cc1Cl. The van der Waals surface area contributed by atoms with Crippen LogP contribution in [0.3, 0.4) is 0 Å². The number of benzene rings is 1. The van der Waals surface area contributed by atoms with Gasteiger partial charge in [-0.2, -0.15) is 5.10 Å². The lowest BCUT2D eigenvalue weighted by Crippen LogP contribution is -2.23. The molecule has 21 heavy (non-hydrogen) atoms. The molecule has 7 heteroatoms. The Morgan fingerprint density at radius 2 is 2.10 bits per heavy atom. The molecule has 0 fully saturated rings. The summed E-state index contributed by atoms with van der Waals surface area (Å²) in [6.45, 7) is 1.66. The summed E-state index contributed by atoms with van der Waals surface area (Å²) in [4.78, 5) is 2.11. The van der Waals surface area contributed by atoms with Crippen molar-refractivity contribution in [1.29, 1.82) is 0 Å². The van der Waals surface area contributed by atoms with Gasteiger partial charge in [0.1, 0.15) is 0 Å². The fourth-order valence-corrected chi connectivity index (χ4v) is 3.39. The molecule has 0 aliphatic heterocycles. The molecule has 1 heterocycles. The molecule has 1 atom stereocenters. The van der Waals surface area contributed by atoms with E-state index < -0.39 is 0 Å². The smallest absolute Gasteiger partial charge is 0.0749 e. The van der Waals surface area contributed by atoms with E-state index in [9.17, 15) is 0 Å². The molecule has 0 saturated heterocycles. The van der Waals surface area contributed by atoms with Crippen LogP contribution in [-0.2, 0) is 6.54 Å². The van der Waals surface area contributed by atoms with Crippen molar-refractivity contribution in [3.63, 3.8) is 0 Å². The molecule has 0 saturated carbocycles. The van der Waals surface area contributed by atoms with Crippen molar-refractivity contribution in [2.45, 2.75) is 12.6 Å². The zero-order chi connectivity index (χ0) is 15.6. The molecule has 2 aromatic rings. The summed E-state index contributed by atoms with van der Waals surface area (Å²) in [5, 5.41) is 5.03. The van der Waals surface area contributed by atoms with E-state index in [4.69, 9.17) is 17.3 Å². The molecule has 0 spiro atoms. The Balaban J connectivity index is 2.34. The van der Waals surface area contributed by atoms with Crippen LogP contribution in [0.2, 0.25) is 5.02 Å². The third-order valence-corrected chi connectivity index (χ3v) is 4.62. The van der Waals surface area contributed by atoms with Crippen LogP contribution in [0.15, 0.2) is 33.3 Å². The zero-order valence-corrected chi connectivity index (χ0v) is 15.8. The van der Waals surface area contributed by atoms with Gasteiger partial charge in [-0.15, -0.1) is 0 Å². The van der Waals surface area contributed by atoms with E-state index in [1.165, 1.54) is 0 Å². The maximum atomic E-state index is 6.42. The average Bonchev–Trinajstić information content (AvgIpc) is 2.77. The van der Waals surface area contributed by atoms with Gasteiger partial charge in [-0.25, -0.2) is 0 Å². The minimum absolute atomic E-state index is 0.329. The van der Waals surface area contributed by atoms with E-state index in [-0.39, 0.29) is 6.04 Å². The molecule has 0 aliphatic rings. The third-order valence-electron chi connectivity index (χ3n) is 3.18. The van der Waals surface area contributed by atoms with Crippen LogP contribution in [0.25, 0.3) is 0 Å². The molecule has 2 N–H and O–H groups in total. The number of likely N-dealkylation sites (N-methyl/N-ethyl adjacent to an activating group) is 1. The lowest BCUT2D eigenvalue weighted by Gasteiger charge is -2.18. The number of nitrogens with zero attached hydrogens (tertiary/aromatic N) is 3. The van der Waals surface area contributed by atoms with Gasteiger partial charge in [0.05, 0.1) is 29.0 Å². The average molecular weight is 437 g/mol. The molecule has 0 amide bonds. The van der Waals surface area contributed by atoms with Gasteiger partial charge in [-0.3, -0.25) is 4.68 Å². The highest BCUT2D eigenvalue weighted by molar-refractivity contribution is 9.10. The van der Waals surface area contributed by atoms with Gasteiger partial charge in [0.2, 0.25) is 0 Å². The number of nitrogens with two attached hydrogens (primary N) is 1. The van der Waals surface area contributed by atoms with E-state index in [2.05, 4.69) is 41.9 Å². The summed E-state index contributed by atoms with van der Waals surface area (Å²) in [5.74, 6) is 0. The van der Waals surface area contributed by atoms with E-state index in [1.807, 2.05) is 37.0 Å². The van der Waals surface area contributed by atoms with Crippen LogP contribution in [0, 0.1) is 0 Å². The summed E-state index contributed by atoms with van der Waals surface area (Å²) < 4.78 is 3.75. The van der Waals surface area contributed by atoms with E-state index in [1.54, 1.807) is 6.20 Å². The lowest BCUT2D eigenvalue weighted by molar-refractivity contribution is 0.368. The van der Waals surface area contributed by atoms with Gasteiger partial charge in [0.25, 0.3) is 0 Å². The first-order valence-corrected chi connectivity index (χ1v) is 8.43. The van der Waals surface area contributed by atoms with E-state index in [0.29, 0.717) is 5.02 Å². The molecule has 1 aromatic carbocycles. The molecule has 2 rings (SSSR count). The van der Waals surface area contributed by atoms with Crippen molar-refractivity contribution in [3.05, 3.63) is 49.6 Å². The molecule has 1 unspecified atom stereocenters. The maximum absolute atomic E-state index is 6.42. The fraction of sp³-hybridized carbons (Fsp3) is 0.357. The Kier molecular flexibility index (Phi) is 5.85. The Bertz CT molecular complexity index is 627. The van der Waals surface area contributed by atoms with Crippen LogP contribution < -0.4 is 5.73 Å². The first-order chi connectivity index (χ1) is 9.90. The number of rotatable bonds is 5. The molecule has 0 bridgehead atoms.